The number of para-hydroxylation sites is 1. The molecule has 0 saturated heterocycles. The van der Waals surface area contributed by atoms with Crippen LogP contribution in [0, 0.1) is 5.92 Å². The predicted octanol–water partition coefficient (Wildman–Crippen LogP) is 2.99. The molecule has 1 aromatic carbocycles. The Labute approximate surface area is 109 Å². The molecule has 0 aromatic heterocycles. The molecule has 0 spiro atoms. The Kier molecular flexibility index (Phi) is 3.90. The third-order valence-electron chi connectivity index (χ3n) is 3.62. The monoisotopic (exact) mass is 246 g/mol. The second-order valence-electron chi connectivity index (χ2n) is 5.50. The number of nitrogens with zero attached hydrogens (tertiary/aromatic N) is 1. The van der Waals surface area contributed by atoms with E-state index < -0.39 is 0 Å². The summed E-state index contributed by atoms with van der Waals surface area (Å²) in [5, 5.41) is 3.53. The van der Waals surface area contributed by atoms with Gasteiger partial charge in [-0.25, -0.2) is 0 Å². The number of nitrogens with one attached hydrogen (secondary N) is 1. The summed E-state index contributed by atoms with van der Waals surface area (Å²) in [6, 6.07) is 8.30. The van der Waals surface area contributed by atoms with E-state index >= 15 is 0 Å². The maximum Gasteiger partial charge on any atom is 0.255 e. The standard InChI is InChI=1S/C15H22N2O/c1-11-8-9-12(10-11)16-14-7-5-4-6-13(14)15(18)17(2)3/h4-7,11-12,16H,8-10H2,1-3H3. The topological polar surface area (TPSA) is 32.3 Å². The van der Waals surface area contributed by atoms with Crippen LogP contribution in [0.5, 0.6) is 0 Å². The number of benzene rings is 1. The molecule has 0 heterocycles. The molecule has 2 unspecified atom stereocenters. The summed E-state index contributed by atoms with van der Waals surface area (Å²) in [6.07, 6.45) is 3.68. The third kappa shape index (κ3) is 2.84. The van der Waals surface area contributed by atoms with Crippen LogP contribution in [0.2, 0.25) is 0 Å². The molecule has 0 aliphatic heterocycles. The van der Waals surface area contributed by atoms with Gasteiger partial charge in [0.05, 0.1) is 5.56 Å². The maximum atomic E-state index is 12.1. The van der Waals surface area contributed by atoms with Gasteiger partial charge in [-0.05, 0) is 37.3 Å². The first-order valence-corrected chi connectivity index (χ1v) is 6.65. The Balaban J connectivity index is 2.15. The largest absolute Gasteiger partial charge is 0.382 e. The molecular weight excluding hydrogens is 224 g/mol. The van der Waals surface area contributed by atoms with Crippen molar-refractivity contribution in [2.75, 3.05) is 19.4 Å². The fourth-order valence-electron chi connectivity index (χ4n) is 2.59. The van der Waals surface area contributed by atoms with Crippen molar-refractivity contribution in [3.63, 3.8) is 0 Å². The van der Waals surface area contributed by atoms with Crippen molar-refractivity contribution in [1.29, 1.82) is 0 Å². The summed E-state index contributed by atoms with van der Waals surface area (Å²) in [6.45, 7) is 2.29. The average molecular weight is 246 g/mol. The second kappa shape index (κ2) is 5.42. The molecule has 1 fully saturated rings. The summed E-state index contributed by atoms with van der Waals surface area (Å²) in [7, 11) is 3.58. The molecule has 1 aliphatic rings. The van der Waals surface area contributed by atoms with E-state index in [2.05, 4.69) is 12.2 Å². The molecule has 0 radical (unpaired) electrons. The summed E-state index contributed by atoms with van der Waals surface area (Å²) in [5.74, 6) is 0.850. The lowest BCUT2D eigenvalue weighted by Crippen LogP contribution is -2.24. The van der Waals surface area contributed by atoms with Crippen molar-refractivity contribution in [3.8, 4) is 0 Å². The number of anilines is 1. The average Bonchev–Trinajstić information content (AvgIpc) is 2.74. The highest BCUT2D eigenvalue weighted by Gasteiger charge is 2.22. The Morgan fingerprint density at radius 1 is 1.28 bits per heavy atom. The van der Waals surface area contributed by atoms with Gasteiger partial charge in [-0.2, -0.15) is 0 Å². The van der Waals surface area contributed by atoms with Gasteiger partial charge in [0.25, 0.3) is 5.91 Å². The highest BCUT2D eigenvalue weighted by Crippen LogP contribution is 2.28. The van der Waals surface area contributed by atoms with Gasteiger partial charge >= 0.3 is 0 Å². The quantitative estimate of drug-likeness (QED) is 0.889. The summed E-state index contributed by atoms with van der Waals surface area (Å²) in [5.41, 5.74) is 1.73. The van der Waals surface area contributed by atoms with E-state index in [1.807, 2.05) is 24.3 Å². The van der Waals surface area contributed by atoms with Crippen LogP contribution in [0.25, 0.3) is 0 Å². The molecule has 1 N–H and O–H groups in total. The fraction of sp³-hybridized carbons (Fsp3) is 0.533. The lowest BCUT2D eigenvalue weighted by Gasteiger charge is -2.19. The van der Waals surface area contributed by atoms with E-state index in [1.165, 1.54) is 19.3 Å². The number of amides is 1. The van der Waals surface area contributed by atoms with Crippen LogP contribution in [0.3, 0.4) is 0 Å². The zero-order valence-corrected chi connectivity index (χ0v) is 11.4. The van der Waals surface area contributed by atoms with E-state index in [1.54, 1.807) is 19.0 Å². The number of carbonyl (C=O) groups is 1. The molecule has 3 heteroatoms. The van der Waals surface area contributed by atoms with Gasteiger partial charge < -0.3 is 10.2 Å². The molecular formula is C15H22N2O. The van der Waals surface area contributed by atoms with Gasteiger partial charge in [-0.15, -0.1) is 0 Å². The molecule has 18 heavy (non-hydrogen) atoms. The van der Waals surface area contributed by atoms with Crippen LogP contribution < -0.4 is 5.32 Å². The second-order valence-corrected chi connectivity index (χ2v) is 5.50. The van der Waals surface area contributed by atoms with Crippen LogP contribution in [-0.4, -0.2) is 30.9 Å². The normalized spacial score (nSPS) is 22.8. The molecule has 1 saturated carbocycles. The van der Waals surface area contributed by atoms with Crippen LogP contribution in [0.15, 0.2) is 24.3 Å². The number of carbonyl (C=O) groups excluding carboxylic acids is 1. The number of hydrogen-bond donors (Lipinski definition) is 1. The lowest BCUT2D eigenvalue weighted by molar-refractivity contribution is 0.0828. The molecule has 1 amide bonds. The van der Waals surface area contributed by atoms with E-state index in [4.69, 9.17) is 0 Å². The Hall–Kier alpha value is -1.51. The van der Waals surface area contributed by atoms with E-state index in [0.29, 0.717) is 6.04 Å². The molecule has 3 nitrogen and oxygen atoms in total. The van der Waals surface area contributed by atoms with Crippen molar-refractivity contribution in [1.82, 2.24) is 4.90 Å². The molecule has 2 atom stereocenters. The highest BCUT2D eigenvalue weighted by atomic mass is 16.2. The lowest BCUT2D eigenvalue weighted by atomic mass is 10.1. The van der Waals surface area contributed by atoms with Crippen LogP contribution in [0.1, 0.15) is 36.5 Å². The van der Waals surface area contributed by atoms with Crippen LogP contribution >= 0.6 is 0 Å². The van der Waals surface area contributed by atoms with Crippen LogP contribution in [-0.2, 0) is 0 Å². The first-order chi connectivity index (χ1) is 8.58. The number of rotatable bonds is 3. The van der Waals surface area contributed by atoms with Crippen molar-refractivity contribution >= 4 is 11.6 Å². The van der Waals surface area contributed by atoms with Gasteiger partial charge in [0.2, 0.25) is 0 Å². The van der Waals surface area contributed by atoms with Gasteiger partial charge in [0.15, 0.2) is 0 Å². The van der Waals surface area contributed by atoms with Crippen LogP contribution in [0.4, 0.5) is 5.69 Å². The SMILES string of the molecule is CC1CCC(Nc2ccccc2C(=O)N(C)C)C1. The minimum atomic E-state index is 0.0594. The van der Waals surface area contributed by atoms with Gasteiger partial charge in [0, 0.05) is 25.8 Å². The zero-order chi connectivity index (χ0) is 13.1. The molecule has 2 rings (SSSR count). The van der Waals surface area contributed by atoms with Crippen molar-refractivity contribution in [2.24, 2.45) is 5.92 Å². The third-order valence-corrected chi connectivity index (χ3v) is 3.62. The minimum absolute atomic E-state index is 0.0594. The first-order valence-electron chi connectivity index (χ1n) is 6.65. The highest BCUT2D eigenvalue weighted by molar-refractivity contribution is 5.99. The smallest absolute Gasteiger partial charge is 0.255 e. The Morgan fingerprint density at radius 2 is 2.00 bits per heavy atom. The van der Waals surface area contributed by atoms with E-state index in [-0.39, 0.29) is 5.91 Å². The molecule has 1 aromatic rings. The van der Waals surface area contributed by atoms with Crippen molar-refractivity contribution in [3.05, 3.63) is 29.8 Å². The van der Waals surface area contributed by atoms with Crippen molar-refractivity contribution in [2.45, 2.75) is 32.2 Å². The van der Waals surface area contributed by atoms with Gasteiger partial charge in [-0.3, -0.25) is 4.79 Å². The minimum Gasteiger partial charge on any atom is -0.382 e. The van der Waals surface area contributed by atoms with Crippen molar-refractivity contribution < 1.29 is 4.79 Å². The Morgan fingerprint density at radius 3 is 2.61 bits per heavy atom. The van der Waals surface area contributed by atoms with E-state index in [9.17, 15) is 4.79 Å². The summed E-state index contributed by atoms with van der Waals surface area (Å²) < 4.78 is 0. The van der Waals surface area contributed by atoms with Gasteiger partial charge in [-0.1, -0.05) is 19.1 Å². The zero-order valence-electron chi connectivity index (χ0n) is 11.4. The summed E-state index contributed by atoms with van der Waals surface area (Å²) in [4.78, 5) is 13.7. The molecule has 1 aliphatic carbocycles. The fourth-order valence-corrected chi connectivity index (χ4v) is 2.59. The molecule has 98 valence electrons. The Bertz CT molecular complexity index is 428. The molecule has 0 bridgehead atoms. The number of hydrogen-bond acceptors (Lipinski definition) is 2. The summed E-state index contributed by atoms with van der Waals surface area (Å²) >= 11 is 0. The predicted molar refractivity (Wildman–Crippen MR) is 74.9 cm³/mol. The van der Waals surface area contributed by atoms with Gasteiger partial charge in [0.1, 0.15) is 0 Å². The first kappa shape index (κ1) is 12.9. The maximum absolute atomic E-state index is 12.1. The van der Waals surface area contributed by atoms with E-state index in [0.717, 1.165) is 17.2 Å².